The second-order valence-electron chi connectivity index (χ2n) is 8.37. The molecule has 2 aliphatic rings. The van der Waals surface area contributed by atoms with Gasteiger partial charge in [-0.05, 0) is 67.2 Å². The molecule has 0 saturated heterocycles. The van der Waals surface area contributed by atoms with Gasteiger partial charge in [0.2, 0.25) is 0 Å². The number of nitrogens with one attached hydrogen (secondary N) is 2. The number of H-pyrrole nitrogens is 1. The van der Waals surface area contributed by atoms with E-state index in [1.165, 1.54) is 47.0 Å². The highest BCUT2D eigenvalue weighted by molar-refractivity contribution is 5.89. The molecule has 0 radical (unpaired) electrons. The third-order valence-corrected chi connectivity index (χ3v) is 6.59. The number of fused-ring (bicyclic) bond motifs is 3. The van der Waals surface area contributed by atoms with Gasteiger partial charge in [0, 0.05) is 23.7 Å². The molecule has 144 valence electrons. The number of hydrogen-bond acceptors (Lipinski definition) is 2. The van der Waals surface area contributed by atoms with E-state index in [4.69, 9.17) is 0 Å². The number of phenolic OH excluding ortho intramolecular Hbond substituents is 1. The maximum Gasteiger partial charge on any atom is 0.139 e. The molecule has 2 unspecified atom stereocenters. The summed E-state index contributed by atoms with van der Waals surface area (Å²) in [5, 5.41) is 15.0. The number of rotatable bonds is 4. The predicted octanol–water partition coefficient (Wildman–Crippen LogP) is 5.20. The Balaban J connectivity index is 1.23. The average Bonchev–Trinajstić information content (AvgIpc) is 3.13. The molecular formula is C25H28N2O. The van der Waals surface area contributed by atoms with Crippen LogP contribution in [0.3, 0.4) is 0 Å². The molecule has 1 aliphatic heterocycles. The fraction of sp³-hybridized carbons (Fsp3) is 0.360. The summed E-state index contributed by atoms with van der Waals surface area (Å²) < 4.78 is 0. The third-order valence-electron chi connectivity index (χ3n) is 6.59. The summed E-state index contributed by atoms with van der Waals surface area (Å²) in [6.07, 6.45) is 9.45. The second kappa shape index (κ2) is 7.48. The van der Waals surface area contributed by atoms with E-state index in [-0.39, 0.29) is 0 Å². The summed E-state index contributed by atoms with van der Waals surface area (Å²) in [6.45, 7) is 0.978. The molecule has 3 heteroatoms. The quantitative estimate of drug-likeness (QED) is 0.589. The zero-order valence-electron chi connectivity index (χ0n) is 16.2. The standard InChI is InChI=1S/C25H28N2O/c28-24-8-4-7-21-22-15-17(10-12-23(22)27-25(21)24)9-11-20-16-19(13-14-26-20)18-5-2-1-3-6-18/h1-8,13,17,20,26-28H,9-12,14-16H2. The van der Waals surface area contributed by atoms with Crippen LogP contribution in [0, 0.1) is 5.92 Å². The van der Waals surface area contributed by atoms with Crippen molar-refractivity contribution in [2.75, 3.05) is 6.54 Å². The van der Waals surface area contributed by atoms with E-state index in [1.807, 2.05) is 6.07 Å². The monoisotopic (exact) mass is 372 g/mol. The molecule has 0 saturated carbocycles. The van der Waals surface area contributed by atoms with Crippen LogP contribution in [-0.2, 0) is 12.8 Å². The Bertz CT molecular complexity index is 1000. The highest BCUT2D eigenvalue weighted by Crippen LogP contribution is 2.37. The minimum Gasteiger partial charge on any atom is -0.506 e. The van der Waals surface area contributed by atoms with Crippen molar-refractivity contribution >= 4 is 16.5 Å². The van der Waals surface area contributed by atoms with Crippen molar-refractivity contribution in [3.05, 3.63) is 71.4 Å². The first-order chi connectivity index (χ1) is 13.8. The van der Waals surface area contributed by atoms with Gasteiger partial charge in [-0.1, -0.05) is 48.5 Å². The van der Waals surface area contributed by atoms with E-state index in [1.54, 1.807) is 6.07 Å². The Morgan fingerprint density at radius 1 is 0.964 bits per heavy atom. The van der Waals surface area contributed by atoms with E-state index in [0.29, 0.717) is 11.8 Å². The lowest BCUT2D eigenvalue weighted by atomic mass is 9.82. The molecule has 1 aliphatic carbocycles. The smallest absolute Gasteiger partial charge is 0.139 e. The minimum absolute atomic E-state index is 0.370. The van der Waals surface area contributed by atoms with Crippen LogP contribution in [-0.4, -0.2) is 22.7 Å². The van der Waals surface area contributed by atoms with Crippen molar-refractivity contribution in [1.29, 1.82) is 0 Å². The van der Waals surface area contributed by atoms with Crippen molar-refractivity contribution in [1.82, 2.24) is 10.3 Å². The Labute approximate surface area is 166 Å². The van der Waals surface area contributed by atoms with Gasteiger partial charge in [0.1, 0.15) is 5.75 Å². The SMILES string of the molecule is Oc1cccc2c3c([nH]c12)CCC(CCC1CC(c2ccccc2)=CCN1)C3. The number of hydrogen-bond donors (Lipinski definition) is 3. The molecule has 3 aromatic rings. The van der Waals surface area contributed by atoms with Crippen molar-refractivity contribution in [2.45, 2.75) is 44.6 Å². The molecule has 0 spiro atoms. The number of aromatic nitrogens is 1. The number of aromatic hydroxyl groups is 1. The van der Waals surface area contributed by atoms with Gasteiger partial charge in [-0.25, -0.2) is 0 Å². The molecule has 3 N–H and O–H groups in total. The molecule has 5 rings (SSSR count). The van der Waals surface area contributed by atoms with Crippen molar-refractivity contribution in [3.63, 3.8) is 0 Å². The molecule has 0 bridgehead atoms. The van der Waals surface area contributed by atoms with Crippen LogP contribution in [0.2, 0.25) is 0 Å². The highest BCUT2D eigenvalue weighted by atomic mass is 16.3. The van der Waals surface area contributed by atoms with Crippen LogP contribution in [0.1, 0.15) is 42.5 Å². The Hall–Kier alpha value is -2.52. The number of para-hydroxylation sites is 1. The normalized spacial score (nSPS) is 22.1. The van der Waals surface area contributed by atoms with E-state index >= 15 is 0 Å². The van der Waals surface area contributed by atoms with Crippen molar-refractivity contribution in [2.24, 2.45) is 5.92 Å². The van der Waals surface area contributed by atoms with Crippen molar-refractivity contribution in [3.8, 4) is 5.75 Å². The Kier molecular flexibility index (Phi) is 4.69. The van der Waals surface area contributed by atoms with Gasteiger partial charge in [0.25, 0.3) is 0 Å². The highest BCUT2D eigenvalue weighted by Gasteiger charge is 2.24. The van der Waals surface area contributed by atoms with Crippen LogP contribution >= 0.6 is 0 Å². The zero-order valence-corrected chi connectivity index (χ0v) is 16.2. The first kappa shape index (κ1) is 17.6. The van der Waals surface area contributed by atoms with Crippen LogP contribution in [0.15, 0.2) is 54.6 Å². The topological polar surface area (TPSA) is 48.0 Å². The lowest BCUT2D eigenvalue weighted by Crippen LogP contribution is -2.33. The fourth-order valence-electron chi connectivity index (χ4n) is 5.04. The number of aromatic amines is 1. The van der Waals surface area contributed by atoms with Gasteiger partial charge in [0.15, 0.2) is 0 Å². The van der Waals surface area contributed by atoms with Gasteiger partial charge in [-0.3, -0.25) is 0 Å². The maximum atomic E-state index is 10.1. The van der Waals surface area contributed by atoms with Gasteiger partial charge in [-0.2, -0.15) is 0 Å². The van der Waals surface area contributed by atoms with Crippen LogP contribution in [0.25, 0.3) is 16.5 Å². The lowest BCUT2D eigenvalue weighted by molar-refractivity contribution is 0.374. The van der Waals surface area contributed by atoms with Crippen LogP contribution in [0.5, 0.6) is 5.75 Å². The molecule has 0 amide bonds. The van der Waals surface area contributed by atoms with E-state index < -0.39 is 0 Å². The van der Waals surface area contributed by atoms with Gasteiger partial charge in [0.05, 0.1) is 5.52 Å². The maximum absolute atomic E-state index is 10.1. The summed E-state index contributed by atoms with van der Waals surface area (Å²) in [5.41, 5.74) is 6.54. The van der Waals surface area contributed by atoms with Crippen molar-refractivity contribution < 1.29 is 5.11 Å². The molecule has 3 nitrogen and oxygen atoms in total. The fourth-order valence-corrected chi connectivity index (χ4v) is 5.04. The molecule has 2 heterocycles. The predicted molar refractivity (Wildman–Crippen MR) is 116 cm³/mol. The Morgan fingerprint density at radius 2 is 1.86 bits per heavy atom. The summed E-state index contributed by atoms with van der Waals surface area (Å²) in [4.78, 5) is 3.46. The summed E-state index contributed by atoms with van der Waals surface area (Å²) >= 11 is 0. The average molecular weight is 373 g/mol. The third kappa shape index (κ3) is 3.35. The van der Waals surface area contributed by atoms with Crippen LogP contribution < -0.4 is 5.32 Å². The first-order valence-corrected chi connectivity index (χ1v) is 10.6. The molecule has 1 aromatic heterocycles. The summed E-state index contributed by atoms with van der Waals surface area (Å²) in [6, 6.07) is 17.3. The van der Waals surface area contributed by atoms with E-state index in [0.717, 1.165) is 37.2 Å². The van der Waals surface area contributed by atoms with Gasteiger partial charge < -0.3 is 15.4 Å². The summed E-state index contributed by atoms with van der Waals surface area (Å²) in [5.74, 6) is 1.11. The number of benzene rings is 2. The first-order valence-electron chi connectivity index (χ1n) is 10.6. The minimum atomic E-state index is 0.370. The Morgan fingerprint density at radius 3 is 2.75 bits per heavy atom. The lowest BCUT2D eigenvalue weighted by Gasteiger charge is -2.28. The number of phenols is 1. The molecule has 2 atom stereocenters. The summed E-state index contributed by atoms with van der Waals surface area (Å²) in [7, 11) is 0. The second-order valence-corrected chi connectivity index (χ2v) is 8.37. The molecular weight excluding hydrogens is 344 g/mol. The van der Waals surface area contributed by atoms with Gasteiger partial charge >= 0.3 is 0 Å². The molecule has 0 fully saturated rings. The van der Waals surface area contributed by atoms with Gasteiger partial charge in [-0.15, -0.1) is 0 Å². The molecule has 2 aromatic carbocycles. The van der Waals surface area contributed by atoms with E-state index in [9.17, 15) is 5.11 Å². The largest absolute Gasteiger partial charge is 0.506 e. The molecule has 28 heavy (non-hydrogen) atoms. The van der Waals surface area contributed by atoms with E-state index in [2.05, 4.69) is 52.8 Å². The number of aryl methyl sites for hydroxylation is 1. The zero-order chi connectivity index (χ0) is 18.9. The van der Waals surface area contributed by atoms with Crippen LogP contribution in [0.4, 0.5) is 0 Å².